The first-order valence-corrected chi connectivity index (χ1v) is 14.8. The predicted octanol–water partition coefficient (Wildman–Crippen LogP) is 5.18. The molecule has 1 aromatic carbocycles. The summed E-state index contributed by atoms with van der Waals surface area (Å²) in [6, 6.07) is 11.0. The van der Waals surface area contributed by atoms with Gasteiger partial charge in [-0.2, -0.15) is 0 Å². The minimum atomic E-state index is -0.343. The van der Waals surface area contributed by atoms with Crippen LogP contribution in [0, 0.1) is 6.92 Å². The fourth-order valence-electron chi connectivity index (χ4n) is 6.08. The van der Waals surface area contributed by atoms with Crippen molar-refractivity contribution in [2.45, 2.75) is 52.4 Å². The number of fused-ring (bicyclic) bond motifs is 4. The summed E-state index contributed by atoms with van der Waals surface area (Å²) in [5, 5.41) is 0.220. The van der Waals surface area contributed by atoms with E-state index >= 15 is 0 Å². The summed E-state index contributed by atoms with van der Waals surface area (Å²) in [4.78, 5) is 36.5. The van der Waals surface area contributed by atoms with Gasteiger partial charge >= 0.3 is 235 Å². The number of pyridine rings is 1. The Morgan fingerprint density at radius 3 is 2.11 bits per heavy atom. The van der Waals surface area contributed by atoms with Gasteiger partial charge in [-0.15, -0.1) is 0 Å². The Bertz CT molecular complexity index is 1620. The first kappa shape index (κ1) is 25.2. The van der Waals surface area contributed by atoms with Gasteiger partial charge in [0, 0.05) is 0 Å². The van der Waals surface area contributed by atoms with Gasteiger partial charge in [-0.1, -0.05) is 0 Å². The summed E-state index contributed by atoms with van der Waals surface area (Å²) in [7, 11) is 3.25. The Labute approximate surface area is 234 Å². The van der Waals surface area contributed by atoms with Crippen LogP contribution in [0.3, 0.4) is 0 Å². The third kappa shape index (κ3) is 3.11. The van der Waals surface area contributed by atoms with Crippen LogP contribution >= 0.6 is 12.2 Å². The molecule has 0 radical (unpaired) electrons. The fraction of sp³-hybridized carbons (Fsp3) is 0.333. The number of thiocarbonyl (C=S) groups is 1. The Morgan fingerprint density at radius 1 is 0.921 bits per heavy atom. The van der Waals surface area contributed by atoms with Crippen LogP contribution in [0.4, 0.5) is 16.1 Å². The molecule has 2 aromatic heterocycles. The molecule has 3 aliphatic heterocycles. The molecule has 3 aromatic rings. The number of benzene rings is 1. The first-order chi connectivity index (χ1) is 17.8. The van der Waals surface area contributed by atoms with Crippen LogP contribution in [0.5, 0.6) is 0 Å². The Morgan fingerprint density at radius 2 is 1.50 bits per heavy atom. The summed E-state index contributed by atoms with van der Waals surface area (Å²) in [6.45, 7) is 13.2. The zero-order valence-corrected chi connectivity index (χ0v) is 25.4. The third-order valence-corrected chi connectivity index (χ3v) is 11.6. The fourth-order valence-corrected chi connectivity index (χ4v) is 9.04. The summed E-state index contributed by atoms with van der Waals surface area (Å²) in [6.07, 6.45) is 1.87. The van der Waals surface area contributed by atoms with Gasteiger partial charge in [-0.05, 0) is 0 Å². The molecule has 38 heavy (non-hydrogen) atoms. The van der Waals surface area contributed by atoms with Gasteiger partial charge in [0.15, 0.2) is 0 Å². The third-order valence-electron chi connectivity index (χ3n) is 8.44. The van der Waals surface area contributed by atoms with Crippen molar-refractivity contribution in [2.24, 2.45) is 0 Å². The van der Waals surface area contributed by atoms with Crippen molar-refractivity contribution in [3.63, 3.8) is 0 Å². The Balaban J connectivity index is 1.64. The number of aryl methyl sites for hydroxylation is 1. The maximum atomic E-state index is 13.2. The predicted molar refractivity (Wildman–Crippen MR) is 156 cm³/mol. The molecular formula is C30H30N4O2SSe. The van der Waals surface area contributed by atoms with Crippen LogP contribution in [-0.4, -0.2) is 60.3 Å². The second-order valence-corrected chi connectivity index (χ2v) is 14.0. The van der Waals surface area contributed by atoms with Gasteiger partial charge in [-0.25, -0.2) is 0 Å². The number of rotatable bonds is 1. The van der Waals surface area contributed by atoms with Crippen molar-refractivity contribution in [2.75, 3.05) is 19.0 Å². The van der Waals surface area contributed by atoms with Crippen LogP contribution < -0.4 is 4.90 Å². The zero-order valence-electron chi connectivity index (χ0n) is 22.9. The molecule has 1 saturated heterocycles. The average molecular weight is 590 g/mol. The SMILES string of the molecule is CC(=C1C(=O)N(C)C(=S)N(C)C1=O)c1cc2c([se]1)N1c3ncccc3C(C)(C)c3cc(C)cc(c31)C2(C)C. The van der Waals surface area contributed by atoms with Gasteiger partial charge in [0.25, 0.3) is 0 Å². The molecule has 5 heterocycles. The van der Waals surface area contributed by atoms with Crippen molar-refractivity contribution in [3.8, 4) is 0 Å². The van der Waals surface area contributed by atoms with Crippen LogP contribution in [0.25, 0.3) is 5.57 Å². The van der Waals surface area contributed by atoms with Crippen molar-refractivity contribution in [1.29, 1.82) is 0 Å². The number of carbonyl (C=O) groups is 2. The van der Waals surface area contributed by atoms with Crippen LogP contribution in [0.2, 0.25) is 0 Å². The van der Waals surface area contributed by atoms with Crippen molar-refractivity contribution in [1.82, 2.24) is 14.8 Å². The number of allylic oxidation sites excluding steroid dienone is 1. The molecule has 0 spiro atoms. The summed E-state index contributed by atoms with van der Waals surface area (Å²) in [5.41, 5.74) is 7.95. The number of aromatic nitrogens is 1. The van der Waals surface area contributed by atoms with Gasteiger partial charge in [0.2, 0.25) is 0 Å². The summed E-state index contributed by atoms with van der Waals surface area (Å²) >= 11 is 5.16. The average Bonchev–Trinajstić information content (AvgIpc) is 3.33. The van der Waals surface area contributed by atoms with E-state index in [0.29, 0.717) is 0 Å². The number of carbonyl (C=O) groups excluding carboxylic acids is 2. The maximum absolute atomic E-state index is 13.2. The second kappa shape index (κ2) is 7.98. The molecular weight excluding hydrogens is 559 g/mol. The Hall–Kier alpha value is -3.06. The molecule has 0 atom stereocenters. The standard InChI is InChI=1S/C30H30N4O2SSe/c1-15-12-18-23-19(13-15)30(5,6)20-14-21(16(2)22-25(35)32(7)28(37)33(8)26(22)36)38-27(20)34(23)24-17(29(18,3)4)10-9-11-31-24/h9-14H,1-8H3. The van der Waals surface area contributed by atoms with Crippen molar-refractivity contribution >= 4 is 65.3 Å². The molecule has 194 valence electrons. The topological polar surface area (TPSA) is 56.8 Å². The summed E-state index contributed by atoms with van der Waals surface area (Å²) in [5.74, 6) is 0.281. The van der Waals surface area contributed by atoms with Crippen molar-refractivity contribution < 1.29 is 9.59 Å². The molecule has 0 unspecified atom stereocenters. The molecule has 0 N–H and O–H groups in total. The number of hydrogen-bond donors (Lipinski definition) is 0. The number of anilines is 3. The molecule has 6 nitrogen and oxygen atoms in total. The van der Waals surface area contributed by atoms with Gasteiger partial charge in [0.1, 0.15) is 0 Å². The molecule has 2 amide bonds. The zero-order chi connectivity index (χ0) is 27.5. The second-order valence-electron chi connectivity index (χ2n) is 11.5. The van der Waals surface area contributed by atoms with E-state index in [1.807, 2.05) is 19.2 Å². The molecule has 1 fully saturated rings. The monoisotopic (exact) mass is 590 g/mol. The molecule has 0 bridgehead atoms. The van der Waals surface area contributed by atoms with E-state index < -0.39 is 0 Å². The van der Waals surface area contributed by atoms with E-state index in [0.717, 1.165) is 15.8 Å². The van der Waals surface area contributed by atoms with Crippen LogP contribution in [-0.2, 0) is 20.4 Å². The molecule has 8 heteroatoms. The normalized spacial score (nSPS) is 18.9. The van der Waals surface area contributed by atoms with E-state index in [-0.39, 0.29) is 47.8 Å². The first-order valence-electron chi connectivity index (χ1n) is 12.6. The van der Waals surface area contributed by atoms with Gasteiger partial charge in [0.05, 0.1) is 0 Å². The van der Waals surface area contributed by atoms with E-state index in [4.69, 9.17) is 17.2 Å². The van der Waals surface area contributed by atoms with E-state index in [2.05, 4.69) is 63.8 Å². The van der Waals surface area contributed by atoms with Crippen LogP contribution in [0.1, 0.15) is 66.9 Å². The quantitative estimate of drug-likeness (QED) is 0.169. The van der Waals surface area contributed by atoms with Crippen molar-refractivity contribution in [3.05, 3.63) is 74.4 Å². The van der Waals surface area contributed by atoms with Gasteiger partial charge < -0.3 is 0 Å². The number of amides is 2. The minimum absolute atomic E-state index is 0.143. The number of nitrogens with zero attached hydrogens (tertiary/aromatic N) is 4. The molecule has 6 rings (SSSR count). The van der Waals surface area contributed by atoms with E-state index in [1.165, 1.54) is 47.9 Å². The number of likely N-dealkylation sites (N-methyl/N-ethyl adjacent to an activating group) is 2. The van der Waals surface area contributed by atoms with E-state index in [9.17, 15) is 9.59 Å². The van der Waals surface area contributed by atoms with E-state index in [1.54, 1.807) is 14.1 Å². The molecule has 0 aliphatic carbocycles. The Kier molecular flexibility index (Phi) is 5.30. The van der Waals surface area contributed by atoms with Crippen LogP contribution in [0.15, 0.2) is 42.1 Å². The molecule has 3 aliphatic rings. The summed E-state index contributed by atoms with van der Waals surface area (Å²) < 4.78 is 2.26. The van der Waals surface area contributed by atoms with Gasteiger partial charge in [-0.3, -0.25) is 0 Å². The molecule has 0 saturated carbocycles. The number of hydrogen-bond acceptors (Lipinski definition) is 5.